The number of aromatic nitrogens is 1. The molecule has 1 amide bonds. The molecule has 0 unspecified atom stereocenters. The molecule has 0 spiro atoms. The summed E-state index contributed by atoms with van der Waals surface area (Å²) in [5.74, 6) is 0.495. The lowest BCUT2D eigenvalue weighted by molar-refractivity contribution is 0.0746. The third kappa shape index (κ3) is 3.43. The van der Waals surface area contributed by atoms with Gasteiger partial charge in [0.1, 0.15) is 11.6 Å². The summed E-state index contributed by atoms with van der Waals surface area (Å²) in [6.45, 7) is 6.36. The zero-order valence-corrected chi connectivity index (χ0v) is 15.3. The third-order valence-corrected chi connectivity index (χ3v) is 4.74. The maximum atomic E-state index is 13.7. The monoisotopic (exact) mass is 391 g/mol. The van der Waals surface area contributed by atoms with E-state index in [4.69, 9.17) is 0 Å². The Morgan fingerprint density at radius 2 is 1.83 bits per heavy atom. The van der Waals surface area contributed by atoms with E-state index in [0.717, 1.165) is 28.9 Å². The lowest BCUT2D eigenvalue weighted by atomic mass is 10.1. The Labute approximate surface area is 149 Å². The fraction of sp³-hybridized carbons (Fsp3) is 0.333. The first-order chi connectivity index (χ1) is 11.5. The van der Waals surface area contributed by atoms with Crippen LogP contribution in [0, 0.1) is 19.7 Å². The van der Waals surface area contributed by atoms with Gasteiger partial charge in [-0.3, -0.25) is 4.79 Å². The minimum atomic E-state index is -0.339. The summed E-state index contributed by atoms with van der Waals surface area (Å²) in [7, 11) is 0. The Balaban J connectivity index is 1.68. The SMILES string of the molecule is Cc1ccc(C(=O)N2CCN(c3ncc(Br)cc3C)CC2)cc1F. The molecule has 24 heavy (non-hydrogen) atoms. The first-order valence-electron chi connectivity index (χ1n) is 7.88. The van der Waals surface area contributed by atoms with Crippen LogP contribution >= 0.6 is 15.9 Å². The molecule has 0 aliphatic carbocycles. The van der Waals surface area contributed by atoms with Gasteiger partial charge >= 0.3 is 0 Å². The predicted octanol–water partition coefficient (Wildman–Crippen LogP) is 3.56. The van der Waals surface area contributed by atoms with Gasteiger partial charge < -0.3 is 9.80 Å². The van der Waals surface area contributed by atoms with Crippen molar-refractivity contribution in [3.8, 4) is 0 Å². The Morgan fingerprint density at radius 1 is 1.12 bits per heavy atom. The van der Waals surface area contributed by atoms with Crippen LogP contribution in [0.15, 0.2) is 34.9 Å². The first kappa shape index (κ1) is 16.9. The van der Waals surface area contributed by atoms with E-state index in [9.17, 15) is 9.18 Å². The summed E-state index contributed by atoms with van der Waals surface area (Å²) >= 11 is 3.42. The maximum Gasteiger partial charge on any atom is 0.254 e. The molecule has 1 aromatic carbocycles. The highest BCUT2D eigenvalue weighted by atomic mass is 79.9. The quantitative estimate of drug-likeness (QED) is 0.784. The summed E-state index contributed by atoms with van der Waals surface area (Å²) < 4.78 is 14.6. The smallest absolute Gasteiger partial charge is 0.254 e. The molecular formula is C18H19BrFN3O. The van der Waals surface area contributed by atoms with Crippen LogP contribution in [0.3, 0.4) is 0 Å². The topological polar surface area (TPSA) is 36.4 Å². The Bertz CT molecular complexity index is 773. The normalized spacial score (nSPS) is 14.8. The van der Waals surface area contributed by atoms with Gasteiger partial charge in [0, 0.05) is 42.4 Å². The fourth-order valence-electron chi connectivity index (χ4n) is 2.89. The number of carbonyl (C=O) groups is 1. The number of hydrogen-bond donors (Lipinski definition) is 0. The molecule has 1 aliphatic heterocycles. The molecule has 2 heterocycles. The van der Waals surface area contributed by atoms with Crippen LogP contribution < -0.4 is 4.90 Å². The van der Waals surface area contributed by atoms with E-state index in [2.05, 4.69) is 25.8 Å². The Hall–Kier alpha value is -1.95. The van der Waals surface area contributed by atoms with Crippen LogP contribution in [0.4, 0.5) is 10.2 Å². The van der Waals surface area contributed by atoms with E-state index in [-0.39, 0.29) is 11.7 Å². The van der Waals surface area contributed by atoms with Crippen molar-refractivity contribution in [3.63, 3.8) is 0 Å². The molecule has 1 aliphatic rings. The van der Waals surface area contributed by atoms with Gasteiger partial charge in [0.2, 0.25) is 0 Å². The van der Waals surface area contributed by atoms with Crippen molar-refractivity contribution in [1.82, 2.24) is 9.88 Å². The second-order valence-electron chi connectivity index (χ2n) is 6.04. The average Bonchev–Trinajstić information content (AvgIpc) is 2.57. The number of benzene rings is 1. The van der Waals surface area contributed by atoms with Gasteiger partial charge in [0.05, 0.1) is 0 Å². The molecule has 126 valence electrons. The lowest BCUT2D eigenvalue weighted by Crippen LogP contribution is -2.49. The van der Waals surface area contributed by atoms with E-state index in [1.807, 2.05) is 13.0 Å². The maximum absolute atomic E-state index is 13.7. The van der Waals surface area contributed by atoms with E-state index in [1.165, 1.54) is 6.07 Å². The molecule has 0 atom stereocenters. The second kappa shape index (κ2) is 6.89. The highest BCUT2D eigenvalue weighted by Gasteiger charge is 2.24. The summed E-state index contributed by atoms with van der Waals surface area (Å²) in [6, 6.07) is 6.70. The number of halogens is 2. The minimum absolute atomic E-state index is 0.117. The van der Waals surface area contributed by atoms with Gasteiger partial charge in [-0.1, -0.05) is 6.07 Å². The third-order valence-electron chi connectivity index (χ3n) is 4.30. The summed E-state index contributed by atoms with van der Waals surface area (Å²) in [6.07, 6.45) is 1.79. The number of anilines is 1. The zero-order chi connectivity index (χ0) is 17.3. The fourth-order valence-corrected chi connectivity index (χ4v) is 3.34. The van der Waals surface area contributed by atoms with Gasteiger partial charge in [0.25, 0.3) is 5.91 Å². The van der Waals surface area contributed by atoms with Crippen LogP contribution in [0.2, 0.25) is 0 Å². The first-order valence-corrected chi connectivity index (χ1v) is 8.67. The van der Waals surface area contributed by atoms with Gasteiger partial charge in [-0.25, -0.2) is 9.37 Å². The van der Waals surface area contributed by atoms with E-state index >= 15 is 0 Å². The molecule has 0 radical (unpaired) electrons. The Kier molecular flexibility index (Phi) is 4.85. The lowest BCUT2D eigenvalue weighted by Gasteiger charge is -2.36. The van der Waals surface area contributed by atoms with Gasteiger partial charge in [-0.2, -0.15) is 0 Å². The molecule has 4 nitrogen and oxygen atoms in total. The molecule has 0 N–H and O–H groups in total. The van der Waals surface area contributed by atoms with E-state index in [0.29, 0.717) is 24.2 Å². The van der Waals surface area contributed by atoms with Crippen LogP contribution in [0.1, 0.15) is 21.5 Å². The molecule has 1 aromatic heterocycles. The molecule has 1 fully saturated rings. The zero-order valence-electron chi connectivity index (χ0n) is 13.7. The molecule has 1 saturated heterocycles. The average molecular weight is 392 g/mol. The number of amides is 1. The van der Waals surface area contributed by atoms with Crippen LogP contribution in [0.5, 0.6) is 0 Å². The number of rotatable bonds is 2. The van der Waals surface area contributed by atoms with Crippen molar-refractivity contribution in [3.05, 3.63) is 57.4 Å². The molecule has 6 heteroatoms. The second-order valence-corrected chi connectivity index (χ2v) is 6.95. The molecule has 0 bridgehead atoms. The van der Waals surface area contributed by atoms with Gasteiger partial charge in [-0.05, 0) is 59.1 Å². The van der Waals surface area contributed by atoms with Crippen molar-refractivity contribution < 1.29 is 9.18 Å². The van der Waals surface area contributed by atoms with Crippen LogP contribution in [0.25, 0.3) is 0 Å². The van der Waals surface area contributed by atoms with E-state index < -0.39 is 0 Å². The number of piperazine rings is 1. The standard InChI is InChI=1S/C18H19BrFN3O/c1-12-3-4-14(10-16(12)20)18(24)23-7-5-22(6-8-23)17-13(2)9-15(19)11-21-17/h3-4,9-11H,5-8H2,1-2H3. The van der Waals surface area contributed by atoms with Crippen molar-refractivity contribution >= 4 is 27.7 Å². The predicted molar refractivity (Wildman–Crippen MR) is 95.9 cm³/mol. The number of hydrogen-bond acceptors (Lipinski definition) is 3. The highest BCUT2D eigenvalue weighted by molar-refractivity contribution is 9.10. The summed E-state index contributed by atoms with van der Waals surface area (Å²) in [5.41, 5.74) is 2.06. The number of nitrogens with zero attached hydrogens (tertiary/aromatic N) is 3. The van der Waals surface area contributed by atoms with E-state index in [1.54, 1.807) is 30.2 Å². The summed E-state index contributed by atoms with van der Waals surface area (Å²) in [5, 5.41) is 0. The molecule has 3 rings (SSSR count). The van der Waals surface area contributed by atoms with Crippen LogP contribution in [-0.2, 0) is 0 Å². The number of carbonyl (C=O) groups excluding carboxylic acids is 1. The van der Waals surface area contributed by atoms with Crippen molar-refractivity contribution in [2.45, 2.75) is 13.8 Å². The van der Waals surface area contributed by atoms with Crippen molar-refractivity contribution in [2.75, 3.05) is 31.1 Å². The largest absolute Gasteiger partial charge is 0.353 e. The minimum Gasteiger partial charge on any atom is -0.353 e. The molecular weight excluding hydrogens is 373 g/mol. The highest BCUT2D eigenvalue weighted by Crippen LogP contribution is 2.22. The van der Waals surface area contributed by atoms with Gasteiger partial charge in [0.15, 0.2) is 0 Å². The molecule has 0 saturated carbocycles. The van der Waals surface area contributed by atoms with Gasteiger partial charge in [-0.15, -0.1) is 0 Å². The summed E-state index contributed by atoms with van der Waals surface area (Å²) in [4.78, 5) is 21.0. The van der Waals surface area contributed by atoms with Crippen LogP contribution in [-0.4, -0.2) is 42.0 Å². The Morgan fingerprint density at radius 3 is 2.46 bits per heavy atom. The van der Waals surface area contributed by atoms with Crippen molar-refractivity contribution in [1.29, 1.82) is 0 Å². The number of pyridine rings is 1. The van der Waals surface area contributed by atoms with Crippen molar-refractivity contribution in [2.24, 2.45) is 0 Å². The molecule has 2 aromatic rings. The number of aryl methyl sites for hydroxylation is 2.